The van der Waals surface area contributed by atoms with Crippen molar-refractivity contribution in [2.45, 2.75) is 17.2 Å². The molecule has 2 heterocycles. The van der Waals surface area contributed by atoms with Crippen LogP contribution in [0.2, 0.25) is 5.15 Å². The van der Waals surface area contributed by atoms with Gasteiger partial charge in [0.25, 0.3) is 5.22 Å². The van der Waals surface area contributed by atoms with Crippen LogP contribution in [0.3, 0.4) is 0 Å². The number of carboxylic acids is 1. The largest absolute Gasteiger partial charge is 0.478 e. The molecule has 0 bridgehead atoms. The first-order valence-electron chi connectivity index (χ1n) is 4.43. The van der Waals surface area contributed by atoms with E-state index in [0.29, 0.717) is 10.9 Å². The van der Waals surface area contributed by atoms with E-state index in [-0.39, 0.29) is 15.9 Å². The zero-order valence-electron chi connectivity index (χ0n) is 8.55. The van der Waals surface area contributed by atoms with Crippen LogP contribution >= 0.6 is 23.4 Å². The van der Waals surface area contributed by atoms with Gasteiger partial charge < -0.3 is 9.52 Å². The molecule has 6 nitrogen and oxygen atoms in total. The van der Waals surface area contributed by atoms with Crippen LogP contribution in [-0.4, -0.2) is 26.3 Å². The third kappa shape index (κ3) is 2.95. The summed E-state index contributed by atoms with van der Waals surface area (Å²) in [6.45, 7) is 1.66. The van der Waals surface area contributed by atoms with E-state index in [0.717, 1.165) is 11.8 Å². The molecule has 0 fully saturated rings. The van der Waals surface area contributed by atoms with Crippen molar-refractivity contribution in [3.63, 3.8) is 0 Å². The lowest BCUT2D eigenvalue weighted by atomic mass is 10.3. The Hall–Kier alpha value is -1.60. The first-order valence-corrected chi connectivity index (χ1v) is 5.63. The molecule has 0 aromatic carbocycles. The average Bonchev–Trinajstić information content (AvgIpc) is 2.63. The van der Waals surface area contributed by atoms with Crippen LogP contribution in [0.4, 0.5) is 0 Å². The predicted molar refractivity (Wildman–Crippen MR) is 59.4 cm³/mol. The first-order chi connectivity index (χ1) is 8.04. The first kappa shape index (κ1) is 11.9. The number of aromatic nitrogens is 3. The van der Waals surface area contributed by atoms with E-state index >= 15 is 0 Å². The van der Waals surface area contributed by atoms with Crippen molar-refractivity contribution in [2.24, 2.45) is 0 Å². The van der Waals surface area contributed by atoms with E-state index in [4.69, 9.17) is 21.1 Å². The fourth-order valence-corrected chi connectivity index (χ4v) is 2.07. The number of nitrogens with zero attached hydrogens (tertiary/aromatic N) is 3. The molecule has 0 unspecified atom stereocenters. The topological polar surface area (TPSA) is 89.1 Å². The van der Waals surface area contributed by atoms with Crippen LogP contribution in [0, 0.1) is 6.92 Å². The maximum absolute atomic E-state index is 10.8. The van der Waals surface area contributed by atoms with Gasteiger partial charge >= 0.3 is 5.97 Å². The number of rotatable bonds is 3. The lowest BCUT2D eigenvalue weighted by molar-refractivity contribution is 0.0696. The van der Waals surface area contributed by atoms with Gasteiger partial charge in [-0.25, -0.2) is 9.78 Å². The van der Waals surface area contributed by atoms with Crippen LogP contribution in [0.1, 0.15) is 16.2 Å². The van der Waals surface area contributed by atoms with E-state index < -0.39 is 5.97 Å². The average molecular weight is 272 g/mol. The molecule has 88 valence electrons. The van der Waals surface area contributed by atoms with E-state index in [2.05, 4.69) is 15.2 Å². The standard InChI is InChI=1S/C9H6ClN3O3S/c1-4-12-13-9(16-4)17-7-3-5(8(14)15)2-6(10)11-7/h2-3H,1H3,(H,14,15). The highest BCUT2D eigenvalue weighted by atomic mass is 35.5. The van der Waals surface area contributed by atoms with E-state index in [1.165, 1.54) is 12.1 Å². The molecule has 1 N–H and O–H groups in total. The van der Waals surface area contributed by atoms with Crippen molar-refractivity contribution < 1.29 is 14.3 Å². The second kappa shape index (κ2) is 4.72. The summed E-state index contributed by atoms with van der Waals surface area (Å²) in [5, 5.41) is 17.0. The van der Waals surface area contributed by atoms with Crippen LogP contribution in [0.5, 0.6) is 0 Å². The van der Waals surface area contributed by atoms with Crippen LogP contribution < -0.4 is 0 Å². The smallest absolute Gasteiger partial charge is 0.335 e. The van der Waals surface area contributed by atoms with Crippen molar-refractivity contribution in [2.75, 3.05) is 0 Å². The van der Waals surface area contributed by atoms with Gasteiger partial charge in [0.1, 0.15) is 10.2 Å². The summed E-state index contributed by atoms with van der Waals surface area (Å²) >= 11 is 6.77. The molecule has 0 spiro atoms. The normalized spacial score (nSPS) is 10.5. The minimum absolute atomic E-state index is 0.0590. The second-order valence-electron chi connectivity index (χ2n) is 3.01. The Kier molecular flexibility index (Phi) is 3.30. The Morgan fingerprint density at radius 2 is 2.24 bits per heavy atom. The zero-order chi connectivity index (χ0) is 12.4. The summed E-state index contributed by atoms with van der Waals surface area (Å²) in [6.07, 6.45) is 0. The molecular weight excluding hydrogens is 266 g/mol. The number of halogens is 1. The lowest BCUT2D eigenvalue weighted by Crippen LogP contribution is -1.97. The molecule has 8 heteroatoms. The zero-order valence-corrected chi connectivity index (χ0v) is 10.1. The fourth-order valence-electron chi connectivity index (χ4n) is 1.06. The number of pyridine rings is 1. The monoisotopic (exact) mass is 271 g/mol. The Balaban J connectivity index is 2.29. The molecule has 2 rings (SSSR count). The number of carbonyl (C=O) groups is 1. The maximum Gasteiger partial charge on any atom is 0.335 e. The van der Waals surface area contributed by atoms with Crippen molar-refractivity contribution in [1.82, 2.24) is 15.2 Å². The number of hydrogen-bond donors (Lipinski definition) is 1. The van der Waals surface area contributed by atoms with Gasteiger partial charge in [-0.1, -0.05) is 11.6 Å². The Bertz CT molecular complexity index is 572. The maximum atomic E-state index is 10.8. The lowest BCUT2D eigenvalue weighted by Gasteiger charge is -1.99. The van der Waals surface area contributed by atoms with Gasteiger partial charge in [0.2, 0.25) is 5.89 Å². The van der Waals surface area contributed by atoms with Gasteiger partial charge in [0, 0.05) is 6.92 Å². The van der Waals surface area contributed by atoms with E-state index in [1.807, 2.05) is 0 Å². The fraction of sp³-hybridized carbons (Fsp3) is 0.111. The Morgan fingerprint density at radius 1 is 1.47 bits per heavy atom. The van der Waals surface area contributed by atoms with E-state index in [9.17, 15) is 4.79 Å². The molecule has 17 heavy (non-hydrogen) atoms. The quantitative estimate of drug-likeness (QED) is 0.857. The molecule has 0 atom stereocenters. The molecule has 0 radical (unpaired) electrons. The molecule has 0 saturated carbocycles. The molecule has 0 aliphatic carbocycles. The van der Waals surface area contributed by atoms with Gasteiger partial charge in [0.15, 0.2) is 0 Å². The summed E-state index contributed by atoms with van der Waals surface area (Å²) in [5.74, 6) is -0.647. The van der Waals surface area contributed by atoms with Gasteiger partial charge in [-0.3, -0.25) is 0 Å². The summed E-state index contributed by atoms with van der Waals surface area (Å²) in [5.41, 5.74) is 0.0590. The van der Waals surface area contributed by atoms with Gasteiger partial charge in [0.05, 0.1) is 5.56 Å². The van der Waals surface area contributed by atoms with Gasteiger partial charge in [-0.2, -0.15) is 0 Å². The Morgan fingerprint density at radius 3 is 2.82 bits per heavy atom. The van der Waals surface area contributed by atoms with E-state index in [1.54, 1.807) is 6.92 Å². The van der Waals surface area contributed by atoms with Crippen LogP contribution in [0.15, 0.2) is 26.8 Å². The summed E-state index contributed by atoms with van der Waals surface area (Å²) in [7, 11) is 0. The van der Waals surface area contributed by atoms with Crippen molar-refractivity contribution >= 4 is 29.3 Å². The molecule has 2 aromatic rings. The number of hydrogen-bond acceptors (Lipinski definition) is 6. The molecular formula is C9H6ClN3O3S. The highest BCUT2D eigenvalue weighted by molar-refractivity contribution is 7.99. The van der Waals surface area contributed by atoms with Gasteiger partial charge in [-0.05, 0) is 23.9 Å². The molecule has 0 saturated heterocycles. The molecule has 0 aliphatic heterocycles. The van der Waals surface area contributed by atoms with Gasteiger partial charge in [-0.15, -0.1) is 10.2 Å². The third-order valence-corrected chi connectivity index (χ3v) is 2.67. The number of aryl methyl sites for hydroxylation is 1. The third-order valence-electron chi connectivity index (χ3n) is 1.72. The minimum Gasteiger partial charge on any atom is -0.478 e. The van der Waals surface area contributed by atoms with Crippen molar-refractivity contribution in [3.8, 4) is 0 Å². The minimum atomic E-state index is -1.07. The summed E-state index contributed by atoms with van der Waals surface area (Å²) < 4.78 is 5.14. The number of carboxylic acid groups (broad SMARTS) is 1. The highest BCUT2D eigenvalue weighted by Gasteiger charge is 2.11. The molecule has 0 amide bonds. The van der Waals surface area contributed by atoms with Crippen molar-refractivity contribution in [3.05, 3.63) is 28.7 Å². The predicted octanol–water partition coefficient (Wildman–Crippen LogP) is 2.28. The second-order valence-corrected chi connectivity index (χ2v) is 4.37. The number of aromatic carboxylic acids is 1. The van der Waals surface area contributed by atoms with Crippen LogP contribution in [-0.2, 0) is 0 Å². The summed E-state index contributed by atoms with van der Waals surface area (Å²) in [6, 6.07) is 2.66. The molecule has 0 aliphatic rings. The van der Waals surface area contributed by atoms with Crippen molar-refractivity contribution in [1.29, 1.82) is 0 Å². The highest BCUT2D eigenvalue weighted by Crippen LogP contribution is 2.26. The molecule has 2 aromatic heterocycles. The summed E-state index contributed by atoms with van der Waals surface area (Å²) in [4.78, 5) is 14.8. The van der Waals surface area contributed by atoms with Crippen LogP contribution in [0.25, 0.3) is 0 Å². The Labute approximate surface area is 105 Å². The SMILES string of the molecule is Cc1nnc(Sc2cc(C(=O)O)cc(Cl)n2)o1.